The van der Waals surface area contributed by atoms with Crippen LogP contribution < -0.4 is 4.74 Å². The maximum absolute atomic E-state index is 6.12. The first kappa shape index (κ1) is 24.7. The van der Waals surface area contributed by atoms with E-state index in [-0.39, 0.29) is 17.0 Å². The van der Waals surface area contributed by atoms with E-state index in [1.54, 1.807) is 0 Å². The highest BCUT2D eigenvalue weighted by Crippen LogP contribution is 2.33. The van der Waals surface area contributed by atoms with E-state index < -0.39 is 0 Å². The van der Waals surface area contributed by atoms with Crippen LogP contribution in [0.15, 0.2) is 30.5 Å². The van der Waals surface area contributed by atoms with Crippen LogP contribution in [0.25, 0.3) is 21.8 Å². The SMILES string of the molecule is Br.CCCCCCCCCCOc1ccc2c3ccnc(C)c3n(CCCC)c2c1. The topological polar surface area (TPSA) is 27.1 Å². The Morgan fingerprint density at radius 1 is 0.833 bits per heavy atom. The first-order valence-electron chi connectivity index (χ1n) is 11.8. The molecule has 0 radical (unpaired) electrons. The Bertz CT molecular complexity index is 903. The summed E-state index contributed by atoms with van der Waals surface area (Å²) in [4.78, 5) is 4.54. The Hall–Kier alpha value is -1.55. The summed E-state index contributed by atoms with van der Waals surface area (Å²) in [5, 5.41) is 2.61. The first-order valence-corrected chi connectivity index (χ1v) is 11.8. The average Bonchev–Trinajstić information content (AvgIpc) is 3.05. The van der Waals surface area contributed by atoms with E-state index in [9.17, 15) is 0 Å². The molecule has 0 aliphatic rings. The van der Waals surface area contributed by atoms with Crippen molar-refractivity contribution in [2.45, 2.75) is 91.5 Å². The van der Waals surface area contributed by atoms with Crippen LogP contribution in [0.3, 0.4) is 0 Å². The molecule has 4 heteroatoms. The number of halogens is 1. The smallest absolute Gasteiger partial charge is 0.121 e. The zero-order valence-electron chi connectivity index (χ0n) is 19.1. The van der Waals surface area contributed by atoms with Crippen LogP contribution in [0.2, 0.25) is 0 Å². The van der Waals surface area contributed by atoms with Crippen molar-refractivity contribution < 1.29 is 4.74 Å². The molecule has 0 spiro atoms. The van der Waals surface area contributed by atoms with Crippen LogP contribution in [-0.2, 0) is 6.54 Å². The summed E-state index contributed by atoms with van der Waals surface area (Å²) < 4.78 is 8.56. The number of benzene rings is 1. The summed E-state index contributed by atoms with van der Waals surface area (Å²) in [5.41, 5.74) is 3.66. The number of nitrogens with zero attached hydrogens (tertiary/aromatic N) is 2. The molecule has 0 unspecified atom stereocenters. The predicted molar refractivity (Wildman–Crippen MR) is 135 cm³/mol. The second-order valence-electron chi connectivity index (χ2n) is 8.30. The van der Waals surface area contributed by atoms with Gasteiger partial charge in [0, 0.05) is 29.6 Å². The van der Waals surface area contributed by atoms with Gasteiger partial charge in [0.2, 0.25) is 0 Å². The lowest BCUT2D eigenvalue weighted by atomic mass is 10.1. The van der Waals surface area contributed by atoms with Crippen molar-refractivity contribution >= 4 is 38.8 Å². The lowest BCUT2D eigenvalue weighted by molar-refractivity contribution is 0.304. The summed E-state index contributed by atoms with van der Waals surface area (Å²) in [6.45, 7) is 8.48. The number of ether oxygens (including phenoxy) is 1. The van der Waals surface area contributed by atoms with Gasteiger partial charge in [-0.2, -0.15) is 0 Å². The Kier molecular flexibility index (Phi) is 10.7. The van der Waals surface area contributed by atoms with Gasteiger partial charge >= 0.3 is 0 Å². The fraction of sp³-hybridized carbons (Fsp3) is 0.577. The van der Waals surface area contributed by atoms with Gasteiger partial charge in [0.25, 0.3) is 0 Å². The van der Waals surface area contributed by atoms with Crippen molar-refractivity contribution in [3.63, 3.8) is 0 Å². The van der Waals surface area contributed by atoms with E-state index in [0.717, 1.165) is 31.0 Å². The lowest BCUT2D eigenvalue weighted by Gasteiger charge is -2.10. The highest BCUT2D eigenvalue weighted by Gasteiger charge is 2.13. The average molecular weight is 476 g/mol. The first-order chi connectivity index (χ1) is 14.3. The van der Waals surface area contributed by atoms with Gasteiger partial charge in [-0.05, 0) is 38.0 Å². The number of unbranched alkanes of at least 4 members (excludes halogenated alkanes) is 8. The third-order valence-electron chi connectivity index (χ3n) is 5.93. The lowest BCUT2D eigenvalue weighted by Crippen LogP contribution is -2.00. The van der Waals surface area contributed by atoms with Gasteiger partial charge < -0.3 is 9.30 Å². The van der Waals surface area contributed by atoms with Gasteiger partial charge in [-0.25, -0.2) is 0 Å². The van der Waals surface area contributed by atoms with E-state index >= 15 is 0 Å². The van der Waals surface area contributed by atoms with E-state index in [4.69, 9.17) is 4.74 Å². The third kappa shape index (κ3) is 6.23. The number of aryl methyl sites for hydroxylation is 2. The molecule has 2 aromatic heterocycles. The maximum Gasteiger partial charge on any atom is 0.121 e. The standard InChI is InChI=1S/C26H38N2O.BrH/c1-4-6-8-9-10-11-12-13-19-29-22-14-15-23-24-16-17-27-21(3)26(24)28(18-7-5-2)25(23)20-22;/h14-17,20H,4-13,18-19H2,1-3H3;1H. The van der Waals surface area contributed by atoms with Crippen LogP contribution in [0.4, 0.5) is 0 Å². The molecule has 0 bridgehead atoms. The van der Waals surface area contributed by atoms with E-state index in [1.165, 1.54) is 79.6 Å². The molecule has 3 aromatic rings. The quantitative estimate of drug-likeness (QED) is 0.232. The summed E-state index contributed by atoms with van der Waals surface area (Å²) in [6.07, 6.45) is 14.9. The zero-order valence-corrected chi connectivity index (χ0v) is 20.8. The maximum atomic E-state index is 6.12. The zero-order chi connectivity index (χ0) is 20.5. The molecular formula is C26H39BrN2O. The molecule has 3 rings (SSSR count). The van der Waals surface area contributed by atoms with Gasteiger partial charge in [-0.3, -0.25) is 4.98 Å². The fourth-order valence-corrected chi connectivity index (χ4v) is 4.26. The Morgan fingerprint density at radius 2 is 1.53 bits per heavy atom. The van der Waals surface area contributed by atoms with E-state index in [1.807, 2.05) is 6.20 Å². The molecule has 0 saturated heterocycles. The molecule has 30 heavy (non-hydrogen) atoms. The Labute approximate surface area is 193 Å². The van der Waals surface area contributed by atoms with Crippen molar-refractivity contribution in [2.24, 2.45) is 0 Å². The Balaban J connectivity index is 0.00000320. The van der Waals surface area contributed by atoms with Crippen molar-refractivity contribution in [3.05, 3.63) is 36.2 Å². The molecule has 2 heterocycles. The molecule has 0 aliphatic carbocycles. The number of aromatic nitrogens is 2. The van der Waals surface area contributed by atoms with Gasteiger partial charge in [-0.15, -0.1) is 17.0 Å². The highest BCUT2D eigenvalue weighted by atomic mass is 79.9. The normalized spacial score (nSPS) is 11.2. The number of fused-ring (bicyclic) bond motifs is 3. The number of pyridine rings is 1. The predicted octanol–water partition coefficient (Wildman–Crippen LogP) is 8.40. The van der Waals surface area contributed by atoms with Crippen molar-refractivity contribution in [1.82, 2.24) is 9.55 Å². The molecule has 1 aromatic carbocycles. The molecular weight excluding hydrogens is 436 g/mol. The molecule has 0 aliphatic heterocycles. The minimum Gasteiger partial charge on any atom is -0.494 e. The second kappa shape index (κ2) is 13.0. The van der Waals surface area contributed by atoms with Crippen LogP contribution in [0.1, 0.15) is 83.7 Å². The molecule has 166 valence electrons. The van der Waals surface area contributed by atoms with Gasteiger partial charge in [0.1, 0.15) is 5.75 Å². The minimum atomic E-state index is 0. The second-order valence-corrected chi connectivity index (χ2v) is 8.30. The fourth-order valence-electron chi connectivity index (χ4n) is 4.26. The van der Waals surface area contributed by atoms with Crippen LogP contribution >= 0.6 is 17.0 Å². The summed E-state index contributed by atoms with van der Waals surface area (Å²) in [5.74, 6) is 0.992. The molecule has 0 amide bonds. The van der Waals surface area contributed by atoms with Crippen molar-refractivity contribution in [3.8, 4) is 5.75 Å². The van der Waals surface area contributed by atoms with Crippen molar-refractivity contribution in [1.29, 1.82) is 0 Å². The third-order valence-corrected chi connectivity index (χ3v) is 5.93. The van der Waals surface area contributed by atoms with Gasteiger partial charge in [0.15, 0.2) is 0 Å². The van der Waals surface area contributed by atoms with Crippen LogP contribution in [-0.4, -0.2) is 16.2 Å². The molecule has 0 N–H and O–H groups in total. The largest absolute Gasteiger partial charge is 0.494 e. The van der Waals surface area contributed by atoms with E-state index in [2.05, 4.69) is 54.6 Å². The molecule has 0 fully saturated rings. The minimum absolute atomic E-state index is 0. The Morgan fingerprint density at radius 3 is 2.27 bits per heavy atom. The summed E-state index contributed by atoms with van der Waals surface area (Å²) >= 11 is 0. The number of hydrogen-bond donors (Lipinski definition) is 0. The van der Waals surface area contributed by atoms with Gasteiger partial charge in [-0.1, -0.05) is 65.2 Å². The van der Waals surface area contributed by atoms with E-state index in [0.29, 0.717) is 0 Å². The molecule has 0 atom stereocenters. The summed E-state index contributed by atoms with van der Waals surface area (Å²) in [7, 11) is 0. The number of rotatable bonds is 13. The highest BCUT2D eigenvalue weighted by molar-refractivity contribution is 8.93. The van der Waals surface area contributed by atoms with Crippen LogP contribution in [0, 0.1) is 6.92 Å². The summed E-state index contributed by atoms with van der Waals surface area (Å²) in [6, 6.07) is 8.73. The van der Waals surface area contributed by atoms with Gasteiger partial charge in [0.05, 0.1) is 23.3 Å². The van der Waals surface area contributed by atoms with Crippen LogP contribution in [0.5, 0.6) is 5.75 Å². The monoisotopic (exact) mass is 474 g/mol. The van der Waals surface area contributed by atoms with Crippen molar-refractivity contribution in [2.75, 3.05) is 6.61 Å². The number of hydrogen-bond acceptors (Lipinski definition) is 2. The molecule has 3 nitrogen and oxygen atoms in total. The molecule has 0 saturated carbocycles.